The van der Waals surface area contributed by atoms with Crippen molar-refractivity contribution in [3.05, 3.63) is 57.4 Å². The molecule has 0 saturated carbocycles. The van der Waals surface area contributed by atoms with Crippen LogP contribution in [0.2, 0.25) is 0 Å². The highest BCUT2D eigenvalue weighted by Gasteiger charge is 2.31. The van der Waals surface area contributed by atoms with Gasteiger partial charge in [-0.1, -0.05) is 15.9 Å². The Kier molecular flexibility index (Phi) is 6.37. The average Bonchev–Trinajstić information content (AvgIpc) is 3.04. The largest absolute Gasteiger partial charge is 0.573 e. The van der Waals surface area contributed by atoms with E-state index in [0.29, 0.717) is 59.1 Å². The second-order valence-corrected chi connectivity index (χ2v) is 8.85. The van der Waals surface area contributed by atoms with Crippen LogP contribution in [0.5, 0.6) is 5.75 Å². The standard InChI is InChI=1S/C22H20BrF4N3O3/c1-12-16-9-17(21(31)32)19(24)10-20(16)30(28-12)14-4-6-29(7-5-14)11-13-8-15(2-3-18(13)23)33-22(25,26)27/h2-3,8-10,14H,4-7,11H2,1H3,(H,31,32). The molecule has 0 bridgehead atoms. The molecule has 1 aromatic heterocycles. The Morgan fingerprint density at radius 2 is 1.94 bits per heavy atom. The Morgan fingerprint density at radius 1 is 1.24 bits per heavy atom. The van der Waals surface area contributed by atoms with Crippen LogP contribution in [0.25, 0.3) is 10.9 Å². The fraction of sp³-hybridized carbons (Fsp3) is 0.364. The number of benzene rings is 2. The first-order chi connectivity index (χ1) is 15.5. The van der Waals surface area contributed by atoms with E-state index in [1.54, 1.807) is 11.6 Å². The SMILES string of the molecule is Cc1nn(C2CCN(Cc3cc(OC(F)(F)F)ccc3Br)CC2)c2cc(F)c(C(=O)O)cc12. The molecule has 0 spiro atoms. The first kappa shape index (κ1) is 23.5. The average molecular weight is 530 g/mol. The van der Waals surface area contributed by atoms with E-state index in [1.807, 2.05) is 0 Å². The zero-order chi connectivity index (χ0) is 23.9. The van der Waals surface area contributed by atoms with Gasteiger partial charge in [0.25, 0.3) is 0 Å². The van der Waals surface area contributed by atoms with Crippen molar-refractivity contribution in [3.8, 4) is 5.75 Å². The Balaban J connectivity index is 1.48. The highest BCUT2D eigenvalue weighted by Crippen LogP contribution is 2.32. The molecule has 0 atom stereocenters. The van der Waals surface area contributed by atoms with Crippen LogP contribution in [0.3, 0.4) is 0 Å². The molecule has 1 saturated heterocycles. The monoisotopic (exact) mass is 529 g/mol. The smallest absolute Gasteiger partial charge is 0.478 e. The van der Waals surface area contributed by atoms with Gasteiger partial charge >= 0.3 is 12.3 Å². The summed E-state index contributed by atoms with van der Waals surface area (Å²) in [4.78, 5) is 13.4. The summed E-state index contributed by atoms with van der Waals surface area (Å²) >= 11 is 3.38. The number of aromatic carboxylic acids is 1. The quantitative estimate of drug-likeness (QED) is 0.430. The first-order valence-corrected chi connectivity index (χ1v) is 11.0. The molecule has 1 N–H and O–H groups in total. The molecule has 0 unspecified atom stereocenters. The van der Waals surface area contributed by atoms with Gasteiger partial charge < -0.3 is 9.84 Å². The fourth-order valence-corrected chi connectivity index (χ4v) is 4.56. The van der Waals surface area contributed by atoms with Gasteiger partial charge in [-0.05, 0) is 49.6 Å². The number of aromatic nitrogens is 2. The van der Waals surface area contributed by atoms with Gasteiger partial charge in [-0.15, -0.1) is 13.2 Å². The van der Waals surface area contributed by atoms with Crippen molar-refractivity contribution in [1.29, 1.82) is 0 Å². The van der Waals surface area contributed by atoms with Gasteiger partial charge in [0.15, 0.2) is 0 Å². The number of ether oxygens (including phenoxy) is 1. The summed E-state index contributed by atoms with van der Waals surface area (Å²) in [5, 5.41) is 14.3. The summed E-state index contributed by atoms with van der Waals surface area (Å²) in [5.74, 6) is -2.40. The third-order valence-electron chi connectivity index (χ3n) is 5.76. The van der Waals surface area contributed by atoms with Crippen LogP contribution in [0.4, 0.5) is 17.6 Å². The maximum absolute atomic E-state index is 14.3. The summed E-state index contributed by atoms with van der Waals surface area (Å²) in [6.07, 6.45) is -3.34. The van der Waals surface area contributed by atoms with E-state index >= 15 is 0 Å². The van der Waals surface area contributed by atoms with E-state index in [1.165, 1.54) is 30.3 Å². The lowest BCUT2D eigenvalue weighted by molar-refractivity contribution is -0.274. The number of hydrogen-bond donors (Lipinski definition) is 1. The maximum Gasteiger partial charge on any atom is 0.573 e. The summed E-state index contributed by atoms with van der Waals surface area (Å²) in [6.45, 7) is 3.53. The summed E-state index contributed by atoms with van der Waals surface area (Å²) in [7, 11) is 0. The molecule has 0 aliphatic carbocycles. The molecule has 11 heteroatoms. The minimum Gasteiger partial charge on any atom is -0.478 e. The van der Waals surface area contributed by atoms with Crippen molar-refractivity contribution in [2.75, 3.05) is 13.1 Å². The van der Waals surface area contributed by atoms with E-state index in [0.717, 1.165) is 0 Å². The number of carboxylic acids is 1. The Bertz CT molecular complexity index is 1200. The number of carbonyl (C=O) groups is 1. The van der Waals surface area contributed by atoms with Crippen molar-refractivity contribution in [1.82, 2.24) is 14.7 Å². The number of halogens is 5. The van der Waals surface area contributed by atoms with Crippen molar-refractivity contribution < 1.29 is 32.2 Å². The fourth-order valence-electron chi connectivity index (χ4n) is 4.19. The van der Waals surface area contributed by atoms with Crippen LogP contribution in [0.1, 0.15) is 40.5 Å². The van der Waals surface area contributed by atoms with Crippen LogP contribution in [0, 0.1) is 12.7 Å². The van der Waals surface area contributed by atoms with Gasteiger partial charge in [-0.3, -0.25) is 9.58 Å². The van der Waals surface area contributed by atoms with Crippen molar-refractivity contribution in [3.63, 3.8) is 0 Å². The summed E-state index contributed by atoms with van der Waals surface area (Å²) < 4.78 is 58.3. The Hall–Kier alpha value is -2.66. The second-order valence-electron chi connectivity index (χ2n) is 7.99. The predicted octanol–water partition coefficient (Wildman–Crippen LogP) is 5.68. The van der Waals surface area contributed by atoms with E-state index in [9.17, 15) is 27.5 Å². The minimum atomic E-state index is -4.75. The molecule has 1 aliphatic heterocycles. The lowest BCUT2D eigenvalue weighted by atomic mass is 10.0. The number of rotatable bonds is 5. The maximum atomic E-state index is 14.3. The molecule has 176 valence electrons. The third-order valence-corrected chi connectivity index (χ3v) is 6.53. The highest BCUT2D eigenvalue weighted by atomic mass is 79.9. The third kappa shape index (κ3) is 5.14. The van der Waals surface area contributed by atoms with E-state index < -0.39 is 18.1 Å². The molecule has 1 aliphatic rings. The molecule has 4 rings (SSSR count). The number of carboxylic acid groups (broad SMARTS) is 1. The van der Waals surface area contributed by atoms with Crippen molar-refractivity contribution in [2.24, 2.45) is 0 Å². The van der Waals surface area contributed by atoms with Gasteiger partial charge in [0.05, 0.1) is 22.8 Å². The minimum absolute atomic E-state index is 0.00383. The van der Waals surface area contributed by atoms with Gasteiger partial charge in [0.1, 0.15) is 11.6 Å². The number of hydrogen-bond acceptors (Lipinski definition) is 4. The number of piperidine rings is 1. The van der Waals surface area contributed by atoms with Crippen LogP contribution < -0.4 is 4.74 Å². The van der Waals surface area contributed by atoms with Crippen molar-refractivity contribution >= 4 is 32.8 Å². The number of fused-ring (bicyclic) bond motifs is 1. The topological polar surface area (TPSA) is 67.6 Å². The number of aryl methyl sites for hydroxylation is 1. The number of likely N-dealkylation sites (tertiary alicyclic amines) is 1. The van der Waals surface area contributed by atoms with Gasteiger partial charge in [-0.2, -0.15) is 5.10 Å². The summed E-state index contributed by atoms with van der Waals surface area (Å²) in [6, 6.07) is 6.69. The Labute approximate surface area is 194 Å². The van der Waals surface area contributed by atoms with Crippen molar-refractivity contribution in [2.45, 2.75) is 38.7 Å². The molecular weight excluding hydrogens is 510 g/mol. The normalized spacial score (nSPS) is 15.8. The Morgan fingerprint density at radius 3 is 2.58 bits per heavy atom. The molecule has 2 aromatic carbocycles. The molecule has 33 heavy (non-hydrogen) atoms. The number of alkyl halides is 3. The zero-order valence-electron chi connectivity index (χ0n) is 17.5. The molecular formula is C22H20BrF4N3O3. The number of nitrogens with zero attached hydrogens (tertiary/aromatic N) is 3. The lowest BCUT2D eigenvalue weighted by Gasteiger charge is -2.32. The first-order valence-electron chi connectivity index (χ1n) is 10.2. The second kappa shape index (κ2) is 8.94. The molecule has 2 heterocycles. The molecule has 0 amide bonds. The highest BCUT2D eigenvalue weighted by molar-refractivity contribution is 9.10. The van der Waals surface area contributed by atoms with Gasteiger partial charge in [0.2, 0.25) is 0 Å². The molecule has 6 nitrogen and oxygen atoms in total. The van der Waals surface area contributed by atoms with E-state index in [2.05, 4.69) is 30.7 Å². The van der Waals surface area contributed by atoms with Crippen LogP contribution in [0.15, 0.2) is 34.8 Å². The van der Waals surface area contributed by atoms with Crippen LogP contribution in [-0.2, 0) is 6.54 Å². The molecule has 3 aromatic rings. The molecule has 1 fully saturated rings. The van der Waals surface area contributed by atoms with E-state index in [4.69, 9.17) is 0 Å². The van der Waals surface area contributed by atoms with Crippen LogP contribution >= 0.6 is 15.9 Å². The predicted molar refractivity (Wildman–Crippen MR) is 116 cm³/mol. The molecule has 0 radical (unpaired) electrons. The zero-order valence-corrected chi connectivity index (χ0v) is 19.1. The van der Waals surface area contributed by atoms with Gasteiger partial charge in [-0.25, -0.2) is 9.18 Å². The summed E-state index contributed by atoms with van der Waals surface area (Å²) in [5.41, 5.74) is 1.47. The van der Waals surface area contributed by atoms with E-state index in [-0.39, 0.29) is 17.4 Å². The van der Waals surface area contributed by atoms with Crippen LogP contribution in [-0.4, -0.2) is 45.2 Å². The van der Waals surface area contributed by atoms with Gasteiger partial charge in [0, 0.05) is 35.6 Å². The lowest BCUT2D eigenvalue weighted by Crippen LogP contribution is -2.34.